The molecule has 0 aliphatic carbocycles. The smallest absolute Gasteiger partial charge is 0.433 e. The Hall–Kier alpha value is -1.83. The highest BCUT2D eigenvalue weighted by molar-refractivity contribution is 7.21. The number of fused-ring (bicyclic) bond motifs is 1. The molecule has 0 saturated heterocycles. The van der Waals surface area contributed by atoms with Gasteiger partial charge in [-0.2, -0.15) is 13.2 Å². The van der Waals surface area contributed by atoms with Crippen LogP contribution in [0.15, 0.2) is 6.07 Å². The van der Waals surface area contributed by atoms with E-state index in [9.17, 15) is 18.0 Å². The second kappa shape index (κ2) is 4.93. The lowest BCUT2D eigenvalue weighted by atomic mass is 10.1. The van der Waals surface area contributed by atoms with Crippen LogP contribution in [0.25, 0.3) is 10.2 Å². The monoisotopic (exact) mass is 304 g/mol. The van der Waals surface area contributed by atoms with Crippen LogP contribution < -0.4 is 5.73 Å². The number of carbonyl (C=O) groups excluding carboxylic acids is 1. The summed E-state index contributed by atoms with van der Waals surface area (Å²) in [6.45, 7) is 3.29. The van der Waals surface area contributed by atoms with Gasteiger partial charge in [-0.15, -0.1) is 11.3 Å². The number of esters is 1. The number of nitrogens with two attached hydrogens (primary N) is 1. The number of thiophene rings is 1. The van der Waals surface area contributed by atoms with Crippen molar-refractivity contribution in [2.75, 3.05) is 12.3 Å². The lowest BCUT2D eigenvalue weighted by Gasteiger charge is -2.07. The molecule has 0 fully saturated rings. The van der Waals surface area contributed by atoms with Gasteiger partial charge in [-0.05, 0) is 25.5 Å². The van der Waals surface area contributed by atoms with E-state index in [0.717, 1.165) is 17.4 Å². The SMILES string of the molecule is CCOC(=O)c1sc2nc(C(F)(F)F)cc(C)c2c1N. The molecule has 2 N–H and O–H groups in total. The second-order valence-electron chi connectivity index (χ2n) is 4.07. The Morgan fingerprint density at radius 3 is 2.70 bits per heavy atom. The van der Waals surface area contributed by atoms with Crippen LogP contribution in [-0.4, -0.2) is 17.6 Å². The maximum atomic E-state index is 12.7. The number of carbonyl (C=O) groups is 1. The van der Waals surface area contributed by atoms with E-state index in [1.54, 1.807) is 6.92 Å². The van der Waals surface area contributed by atoms with Gasteiger partial charge in [-0.3, -0.25) is 0 Å². The van der Waals surface area contributed by atoms with Gasteiger partial charge in [0.25, 0.3) is 0 Å². The van der Waals surface area contributed by atoms with Crippen LogP contribution in [0.3, 0.4) is 0 Å². The van der Waals surface area contributed by atoms with E-state index in [0.29, 0.717) is 10.9 Å². The molecule has 0 atom stereocenters. The summed E-state index contributed by atoms with van der Waals surface area (Å²) >= 11 is 0.806. The summed E-state index contributed by atoms with van der Waals surface area (Å²) in [4.78, 5) is 15.4. The normalized spacial score (nSPS) is 11.8. The zero-order valence-electron chi connectivity index (χ0n) is 10.7. The molecule has 0 spiro atoms. The highest BCUT2D eigenvalue weighted by Crippen LogP contribution is 2.38. The first kappa shape index (κ1) is 14.6. The first-order valence-corrected chi connectivity index (χ1v) is 6.51. The summed E-state index contributed by atoms with van der Waals surface area (Å²) in [5.74, 6) is -0.652. The summed E-state index contributed by atoms with van der Waals surface area (Å²) in [6.07, 6.45) is -4.54. The summed E-state index contributed by atoms with van der Waals surface area (Å²) in [7, 11) is 0. The summed E-state index contributed by atoms with van der Waals surface area (Å²) in [5, 5.41) is 0.367. The molecule has 0 aromatic carbocycles. The highest BCUT2D eigenvalue weighted by atomic mass is 32.1. The number of anilines is 1. The fourth-order valence-electron chi connectivity index (χ4n) is 1.80. The number of nitrogens with zero attached hydrogens (tertiary/aromatic N) is 1. The van der Waals surface area contributed by atoms with E-state index in [2.05, 4.69) is 4.98 Å². The predicted molar refractivity (Wildman–Crippen MR) is 69.7 cm³/mol. The minimum atomic E-state index is -4.54. The third-order valence-electron chi connectivity index (χ3n) is 2.65. The van der Waals surface area contributed by atoms with Gasteiger partial charge < -0.3 is 10.5 Å². The van der Waals surface area contributed by atoms with Crippen molar-refractivity contribution in [1.29, 1.82) is 0 Å². The van der Waals surface area contributed by atoms with Crippen LogP contribution in [0.4, 0.5) is 18.9 Å². The van der Waals surface area contributed by atoms with Gasteiger partial charge in [0.05, 0.1) is 12.3 Å². The maximum absolute atomic E-state index is 12.7. The number of pyridine rings is 1. The zero-order chi connectivity index (χ0) is 15.1. The summed E-state index contributed by atoms with van der Waals surface area (Å²) in [5.41, 5.74) is 5.26. The molecular weight excluding hydrogens is 293 g/mol. The van der Waals surface area contributed by atoms with Crippen molar-refractivity contribution in [2.24, 2.45) is 0 Å². The molecule has 4 nitrogen and oxygen atoms in total. The quantitative estimate of drug-likeness (QED) is 0.864. The Bertz CT molecular complexity index is 679. The number of ether oxygens (including phenoxy) is 1. The van der Waals surface area contributed by atoms with Crippen LogP contribution >= 0.6 is 11.3 Å². The van der Waals surface area contributed by atoms with Crippen LogP contribution in [0.2, 0.25) is 0 Å². The fraction of sp³-hybridized carbons (Fsp3) is 0.333. The predicted octanol–water partition coefficient (Wildman–Crippen LogP) is 3.38. The molecule has 0 bridgehead atoms. The van der Waals surface area contributed by atoms with E-state index >= 15 is 0 Å². The van der Waals surface area contributed by atoms with Gasteiger partial charge in [0.15, 0.2) is 0 Å². The first-order chi connectivity index (χ1) is 9.25. The first-order valence-electron chi connectivity index (χ1n) is 5.69. The summed E-state index contributed by atoms with van der Waals surface area (Å²) in [6, 6.07) is 0.917. The van der Waals surface area contributed by atoms with Crippen LogP contribution in [0, 0.1) is 6.92 Å². The maximum Gasteiger partial charge on any atom is 0.433 e. The number of rotatable bonds is 2. The highest BCUT2D eigenvalue weighted by Gasteiger charge is 2.34. The van der Waals surface area contributed by atoms with E-state index in [4.69, 9.17) is 10.5 Å². The van der Waals surface area contributed by atoms with Crippen molar-refractivity contribution < 1.29 is 22.7 Å². The van der Waals surface area contributed by atoms with E-state index in [-0.39, 0.29) is 22.0 Å². The molecule has 0 saturated carbocycles. The Morgan fingerprint density at radius 1 is 1.50 bits per heavy atom. The Kier molecular flexibility index (Phi) is 3.59. The number of hydrogen-bond acceptors (Lipinski definition) is 5. The molecule has 0 aliphatic rings. The molecule has 0 aliphatic heterocycles. The number of halogens is 3. The number of alkyl halides is 3. The van der Waals surface area contributed by atoms with Crippen LogP contribution in [0.1, 0.15) is 27.9 Å². The minimum absolute atomic E-state index is 0.0803. The van der Waals surface area contributed by atoms with Gasteiger partial charge in [-0.25, -0.2) is 9.78 Å². The van der Waals surface area contributed by atoms with Gasteiger partial charge in [0, 0.05) is 5.39 Å². The third-order valence-corrected chi connectivity index (χ3v) is 3.73. The Morgan fingerprint density at radius 2 is 2.15 bits per heavy atom. The average Bonchev–Trinajstić information content (AvgIpc) is 2.66. The van der Waals surface area contributed by atoms with Gasteiger partial charge >= 0.3 is 12.1 Å². The molecule has 0 amide bonds. The van der Waals surface area contributed by atoms with Crippen molar-refractivity contribution in [3.63, 3.8) is 0 Å². The molecule has 2 rings (SSSR count). The fourth-order valence-corrected chi connectivity index (χ4v) is 2.87. The topological polar surface area (TPSA) is 65.2 Å². The largest absolute Gasteiger partial charge is 0.462 e. The van der Waals surface area contributed by atoms with Gasteiger partial charge in [-0.1, -0.05) is 0 Å². The van der Waals surface area contributed by atoms with E-state index in [1.807, 2.05) is 0 Å². The van der Waals surface area contributed by atoms with Crippen LogP contribution in [-0.2, 0) is 10.9 Å². The Labute approximate surface area is 116 Å². The molecule has 8 heteroatoms. The van der Waals surface area contributed by atoms with Crippen LogP contribution in [0.5, 0.6) is 0 Å². The van der Waals surface area contributed by atoms with Gasteiger partial charge in [0.2, 0.25) is 0 Å². The second-order valence-corrected chi connectivity index (χ2v) is 5.07. The van der Waals surface area contributed by atoms with Crippen molar-refractivity contribution >= 4 is 33.2 Å². The van der Waals surface area contributed by atoms with Crippen molar-refractivity contribution in [3.05, 3.63) is 22.2 Å². The molecule has 0 unspecified atom stereocenters. The molecule has 2 aromatic heterocycles. The third kappa shape index (κ3) is 2.43. The number of aromatic nitrogens is 1. The van der Waals surface area contributed by atoms with E-state index < -0.39 is 17.8 Å². The summed E-state index contributed by atoms with van der Waals surface area (Å²) < 4.78 is 42.9. The van der Waals surface area contributed by atoms with Crippen molar-refractivity contribution in [3.8, 4) is 0 Å². The lowest BCUT2D eigenvalue weighted by Crippen LogP contribution is -2.08. The van der Waals surface area contributed by atoms with Gasteiger partial charge in [0.1, 0.15) is 15.4 Å². The average molecular weight is 304 g/mol. The number of aryl methyl sites for hydroxylation is 1. The molecule has 0 radical (unpaired) electrons. The van der Waals surface area contributed by atoms with Crippen molar-refractivity contribution in [1.82, 2.24) is 4.98 Å². The zero-order valence-corrected chi connectivity index (χ0v) is 11.5. The minimum Gasteiger partial charge on any atom is -0.462 e. The molecular formula is C12H11F3N2O2S. The number of hydrogen-bond donors (Lipinski definition) is 1. The molecule has 2 aromatic rings. The molecule has 108 valence electrons. The van der Waals surface area contributed by atoms with Crippen molar-refractivity contribution in [2.45, 2.75) is 20.0 Å². The standard InChI is InChI=1S/C12H11F3N2O2S/c1-3-19-11(18)9-8(16)7-5(2)4-6(12(13,14)15)17-10(7)20-9/h4H,3,16H2,1-2H3. The van der Waals surface area contributed by atoms with E-state index in [1.165, 1.54) is 6.92 Å². The number of nitrogen functional groups attached to an aromatic ring is 1. The molecule has 20 heavy (non-hydrogen) atoms. The molecule has 2 heterocycles. The lowest BCUT2D eigenvalue weighted by molar-refractivity contribution is -0.141. The Balaban J connectivity index is 2.65.